The Balaban J connectivity index is 1.52. The minimum Gasteiger partial charge on any atom is -0.440 e. The molecular formula is C34H43ClN4O6. The van der Waals surface area contributed by atoms with Gasteiger partial charge in [-0.2, -0.15) is 0 Å². The zero-order chi connectivity index (χ0) is 32.6. The Labute approximate surface area is 269 Å². The summed E-state index contributed by atoms with van der Waals surface area (Å²) in [5, 5.41) is 11.4. The van der Waals surface area contributed by atoms with Crippen LogP contribution in [0, 0.1) is 5.92 Å². The summed E-state index contributed by atoms with van der Waals surface area (Å²) in [5.74, 6) is -2.95. The van der Waals surface area contributed by atoms with E-state index in [4.69, 9.17) is 16.3 Å². The molecule has 1 aliphatic heterocycles. The van der Waals surface area contributed by atoms with Gasteiger partial charge in [-0.1, -0.05) is 87.7 Å². The van der Waals surface area contributed by atoms with Crippen molar-refractivity contribution in [3.8, 4) is 0 Å². The number of carbonyl (C=O) groups is 5. The fourth-order valence-corrected chi connectivity index (χ4v) is 5.75. The second-order valence-corrected chi connectivity index (χ2v) is 12.9. The van der Waals surface area contributed by atoms with Crippen molar-refractivity contribution < 1.29 is 28.7 Å². The number of alkyl carbamates (subject to hydrolysis) is 1. The van der Waals surface area contributed by atoms with Crippen LogP contribution < -0.4 is 21.3 Å². The third-order valence-electron chi connectivity index (χ3n) is 8.46. The van der Waals surface area contributed by atoms with Gasteiger partial charge in [0.2, 0.25) is 17.6 Å². The van der Waals surface area contributed by atoms with Crippen LogP contribution in [-0.4, -0.2) is 54.3 Å². The smallest absolute Gasteiger partial charge is 0.408 e. The van der Waals surface area contributed by atoms with Gasteiger partial charge >= 0.3 is 6.09 Å². The van der Waals surface area contributed by atoms with Crippen molar-refractivity contribution >= 4 is 41.2 Å². The number of unbranched alkanes of at least 4 members (excludes halogenated alkanes) is 1. The maximum Gasteiger partial charge on any atom is 0.408 e. The third kappa shape index (κ3) is 9.29. The van der Waals surface area contributed by atoms with Gasteiger partial charge in [-0.3, -0.25) is 19.2 Å². The van der Waals surface area contributed by atoms with Crippen LogP contribution in [-0.2, 0) is 29.3 Å². The van der Waals surface area contributed by atoms with Crippen molar-refractivity contribution in [3.05, 3.63) is 70.7 Å². The lowest BCUT2D eigenvalue weighted by Crippen LogP contribution is -2.55. The molecule has 3 unspecified atom stereocenters. The summed E-state index contributed by atoms with van der Waals surface area (Å²) in [4.78, 5) is 65.3. The molecule has 45 heavy (non-hydrogen) atoms. The largest absolute Gasteiger partial charge is 0.440 e. The topological polar surface area (TPSA) is 143 Å². The lowest BCUT2D eigenvalue weighted by atomic mass is 9.76. The van der Waals surface area contributed by atoms with E-state index in [0.29, 0.717) is 24.4 Å². The van der Waals surface area contributed by atoms with Crippen LogP contribution in [0.3, 0.4) is 0 Å². The van der Waals surface area contributed by atoms with E-state index in [1.165, 1.54) is 0 Å². The Bertz CT molecular complexity index is 1380. The Morgan fingerprint density at radius 3 is 2.36 bits per heavy atom. The SMILES string of the molecule is CCCCC(NC(=O)OC(c1ccccc1)C(C)(C)c1cccc(Cl)c1)C(=O)NC(C[C@@H]1CCNC1=O)C(=O)C(=O)NC1CC1. The zero-order valence-corrected chi connectivity index (χ0v) is 26.8. The van der Waals surface area contributed by atoms with Gasteiger partial charge in [0.1, 0.15) is 12.1 Å². The van der Waals surface area contributed by atoms with Crippen molar-refractivity contribution in [1.29, 1.82) is 0 Å². The summed E-state index contributed by atoms with van der Waals surface area (Å²) in [6.07, 6.45) is 2.18. The van der Waals surface area contributed by atoms with Crippen LogP contribution in [0.5, 0.6) is 0 Å². The van der Waals surface area contributed by atoms with Gasteiger partial charge in [0.15, 0.2) is 0 Å². The number of hydrogen-bond acceptors (Lipinski definition) is 6. The maximum absolute atomic E-state index is 13.6. The number of amides is 4. The summed E-state index contributed by atoms with van der Waals surface area (Å²) in [5.41, 5.74) is 0.909. The van der Waals surface area contributed by atoms with Gasteiger partial charge in [0, 0.05) is 28.9 Å². The van der Waals surface area contributed by atoms with E-state index >= 15 is 0 Å². The van der Waals surface area contributed by atoms with Crippen LogP contribution in [0.2, 0.25) is 5.02 Å². The first-order chi connectivity index (χ1) is 21.5. The standard InChI is InChI=1S/C34H43ClN4O6/c1-4-5-14-26(31(42)38-27(19-22-17-18-36-30(22)41)28(40)32(43)37-25-15-16-25)39-33(44)45-29(21-10-7-6-8-11-21)34(2,3)23-12-9-13-24(35)20-23/h6-13,20,22,25-27,29H,4-5,14-19H2,1-3H3,(H,36,41)(H,37,43)(H,38,42)(H,39,44)/t22-,26?,27?,29?/m0/s1. The molecule has 10 nitrogen and oxygen atoms in total. The molecule has 1 aliphatic carbocycles. The predicted molar refractivity (Wildman–Crippen MR) is 170 cm³/mol. The van der Waals surface area contributed by atoms with Gasteiger partial charge in [0.05, 0.1) is 6.04 Å². The molecule has 4 N–H and O–H groups in total. The molecule has 2 aromatic rings. The van der Waals surface area contributed by atoms with E-state index in [1.807, 2.05) is 69.3 Å². The average molecular weight is 639 g/mol. The van der Waals surface area contributed by atoms with Gasteiger partial charge in [-0.05, 0) is 55.4 Å². The first kappa shape index (κ1) is 34.0. The van der Waals surface area contributed by atoms with Crippen molar-refractivity contribution in [2.75, 3.05) is 6.54 Å². The molecule has 0 bridgehead atoms. The Morgan fingerprint density at radius 2 is 1.73 bits per heavy atom. The van der Waals surface area contributed by atoms with Crippen molar-refractivity contribution in [1.82, 2.24) is 21.3 Å². The van der Waals surface area contributed by atoms with E-state index in [0.717, 1.165) is 30.4 Å². The van der Waals surface area contributed by atoms with Crippen LogP contribution >= 0.6 is 11.6 Å². The number of ketones is 1. The summed E-state index contributed by atoms with van der Waals surface area (Å²) in [6, 6.07) is 14.4. The van der Waals surface area contributed by atoms with Gasteiger partial charge in [-0.25, -0.2) is 4.79 Å². The molecule has 2 aliphatic rings. The number of Topliss-reactive ketones (excluding diaryl/α,β-unsaturated/α-hetero) is 1. The molecule has 2 fully saturated rings. The van der Waals surface area contributed by atoms with Crippen molar-refractivity contribution in [3.63, 3.8) is 0 Å². The first-order valence-corrected chi connectivity index (χ1v) is 16.1. The lowest BCUT2D eigenvalue weighted by molar-refractivity contribution is -0.141. The van der Waals surface area contributed by atoms with Crippen LogP contribution in [0.25, 0.3) is 0 Å². The second-order valence-electron chi connectivity index (χ2n) is 12.5. The molecule has 242 valence electrons. The molecular weight excluding hydrogens is 596 g/mol. The molecule has 1 saturated heterocycles. The molecule has 0 aromatic heterocycles. The maximum atomic E-state index is 13.6. The molecule has 0 radical (unpaired) electrons. The van der Waals surface area contributed by atoms with Gasteiger partial charge in [0.25, 0.3) is 5.91 Å². The molecule has 0 spiro atoms. The summed E-state index contributed by atoms with van der Waals surface area (Å²) in [7, 11) is 0. The van der Waals surface area contributed by atoms with Crippen LogP contribution in [0.15, 0.2) is 54.6 Å². The van der Waals surface area contributed by atoms with Crippen LogP contribution in [0.1, 0.15) is 82.9 Å². The highest BCUT2D eigenvalue weighted by Gasteiger charge is 2.39. The van der Waals surface area contributed by atoms with E-state index < -0.39 is 53.2 Å². The van der Waals surface area contributed by atoms with E-state index in [1.54, 1.807) is 6.07 Å². The normalized spacial score (nSPS) is 18.2. The monoisotopic (exact) mass is 638 g/mol. The fraction of sp³-hybridized carbons (Fsp3) is 0.500. The summed E-state index contributed by atoms with van der Waals surface area (Å²) < 4.78 is 6.06. The summed E-state index contributed by atoms with van der Waals surface area (Å²) >= 11 is 6.30. The number of hydrogen-bond donors (Lipinski definition) is 4. The quantitative estimate of drug-likeness (QED) is 0.212. The highest BCUT2D eigenvalue weighted by Crippen LogP contribution is 2.40. The Kier molecular flexibility index (Phi) is 11.6. The number of ether oxygens (including phenoxy) is 1. The van der Waals surface area contributed by atoms with E-state index in [2.05, 4.69) is 21.3 Å². The number of rotatable bonds is 15. The summed E-state index contributed by atoms with van der Waals surface area (Å²) in [6.45, 7) is 6.33. The third-order valence-corrected chi connectivity index (χ3v) is 8.69. The fourth-order valence-electron chi connectivity index (χ4n) is 5.56. The minimum atomic E-state index is -1.22. The molecule has 4 atom stereocenters. The molecule has 1 heterocycles. The molecule has 11 heteroatoms. The second kappa shape index (κ2) is 15.4. The van der Waals surface area contributed by atoms with Gasteiger partial charge < -0.3 is 26.0 Å². The number of benzene rings is 2. The molecule has 4 rings (SSSR count). The van der Waals surface area contributed by atoms with Gasteiger partial charge in [-0.15, -0.1) is 0 Å². The highest BCUT2D eigenvalue weighted by atomic mass is 35.5. The number of nitrogens with one attached hydrogen (secondary N) is 4. The van der Waals surface area contributed by atoms with Crippen molar-refractivity contribution in [2.45, 2.75) is 95.4 Å². The molecule has 2 aromatic carbocycles. The Morgan fingerprint density at radius 1 is 1.00 bits per heavy atom. The molecule has 4 amide bonds. The highest BCUT2D eigenvalue weighted by molar-refractivity contribution is 6.38. The Hall–Kier alpha value is -3.92. The van der Waals surface area contributed by atoms with Crippen LogP contribution in [0.4, 0.5) is 4.79 Å². The average Bonchev–Trinajstić information content (AvgIpc) is 3.75. The minimum absolute atomic E-state index is 0.0106. The molecule has 1 saturated carbocycles. The van der Waals surface area contributed by atoms with E-state index in [-0.39, 0.29) is 24.8 Å². The lowest BCUT2D eigenvalue weighted by Gasteiger charge is -2.35. The first-order valence-electron chi connectivity index (χ1n) is 15.7. The number of halogens is 1. The van der Waals surface area contributed by atoms with E-state index in [9.17, 15) is 24.0 Å². The number of carbonyl (C=O) groups excluding carboxylic acids is 5. The zero-order valence-electron chi connectivity index (χ0n) is 26.1. The predicted octanol–water partition coefficient (Wildman–Crippen LogP) is 4.50. The van der Waals surface area contributed by atoms with Crippen molar-refractivity contribution in [2.24, 2.45) is 5.92 Å².